The second-order valence-corrected chi connectivity index (χ2v) is 6.91. The second kappa shape index (κ2) is 8.16. The van der Waals surface area contributed by atoms with Crippen LogP contribution < -0.4 is 16.1 Å². The van der Waals surface area contributed by atoms with Crippen LogP contribution in [0.5, 0.6) is 0 Å². The van der Waals surface area contributed by atoms with E-state index in [-0.39, 0.29) is 24.5 Å². The zero-order valence-electron chi connectivity index (χ0n) is 16.4. The molecule has 0 aliphatic heterocycles. The summed E-state index contributed by atoms with van der Waals surface area (Å²) in [7, 11) is 1.66. The third-order valence-electron chi connectivity index (χ3n) is 4.98. The molecule has 0 N–H and O–H groups in total. The lowest BCUT2D eigenvalue weighted by Gasteiger charge is -2.19. The number of anilines is 1. The number of carbonyl (C=O) groups excluding carboxylic acids is 1. The molecule has 0 spiro atoms. The smallest absolute Gasteiger partial charge is 0.314 e. The molecule has 0 saturated carbocycles. The van der Waals surface area contributed by atoms with Crippen molar-refractivity contribution in [3.05, 3.63) is 105 Å². The van der Waals surface area contributed by atoms with Gasteiger partial charge in [0.2, 0.25) is 5.91 Å². The van der Waals surface area contributed by atoms with Crippen LogP contribution >= 0.6 is 0 Å². The number of nitrogens with zero attached hydrogens (tertiary/aromatic N) is 4. The molecule has 0 atom stereocenters. The Morgan fingerprint density at radius 3 is 2.27 bits per heavy atom. The summed E-state index contributed by atoms with van der Waals surface area (Å²) < 4.78 is 2.44. The highest BCUT2D eigenvalue weighted by Gasteiger charge is 2.18. The normalized spacial score (nSPS) is 10.8. The molecular weight excluding hydrogens is 380 g/mol. The van der Waals surface area contributed by atoms with E-state index >= 15 is 0 Å². The molecule has 0 saturated heterocycles. The number of hydrogen-bond acceptors (Lipinski definition) is 4. The molecule has 7 nitrogen and oxygen atoms in total. The van der Waals surface area contributed by atoms with Gasteiger partial charge in [-0.3, -0.25) is 18.7 Å². The minimum Gasteiger partial charge on any atom is -0.314 e. The van der Waals surface area contributed by atoms with Gasteiger partial charge < -0.3 is 4.90 Å². The molecule has 0 bridgehead atoms. The predicted molar refractivity (Wildman–Crippen MR) is 116 cm³/mol. The number of pyridine rings is 1. The zero-order chi connectivity index (χ0) is 21.1. The SMILES string of the molecule is CN(C(=O)Cn1c(=O)n(Cc2ccccc2)c(=O)c2ncccc21)c1ccccc1. The third-order valence-corrected chi connectivity index (χ3v) is 4.98. The van der Waals surface area contributed by atoms with Crippen LogP contribution in [0.1, 0.15) is 5.56 Å². The monoisotopic (exact) mass is 400 g/mol. The number of carbonyl (C=O) groups is 1. The Labute approximate surface area is 172 Å². The molecule has 2 aromatic heterocycles. The number of rotatable bonds is 5. The summed E-state index contributed by atoms with van der Waals surface area (Å²) >= 11 is 0. The molecule has 2 heterocycles. The number of likely N-dealkylation sites (N-methyl/N-ethyl adjacent to an activating group) is 1. The second-order valence-electron chi connectivity index (χ2n) is 6.91. The first-order valence-corrected chi connectivity index (χ1v) is 9.50. The van der Waals surface area contributed by atoms with Gasteiger partial charge in [0.1, 0.15) is 6.54 Å². The number of fused-ring (bicyclic) bond motifs is 1. The van der Waals surface area contributed by atoms with Crippen LogP contribution in [0.3, 0.4) is 0 Å². The maximum absolute atomic E-state index is 13.2. The van der Waals surface area contributed by atoms with Crippen LogP contribution in [-0.2, 0) is 17.9 Å². The van der Waals surface area contributed by atoms with E-state index in [0.29, 0.717) is 5.52 Å². The van der Waals surface area contributed by atoms with Crippen LogP contribution in [-0.4, -0.2) is 27.1 Å². The Morgan fingerprint density at radius 2 is 1.57 bits per heavy atom. The summed E-state index contributed by atoms with van der Waals surface area (Å²) in [6.07, 6.45) is 1.50. The van der Waals surface area contributed by atoms with Gasteiger partial charge in [-0.25, -0.2) is 9.78 Å². The summed E-state index contributed by atoms with van der Waals surface area (Å²) in [4.78, 5) is 44.8. The molecule has 2 aromatic carbocycles. The largest absolute Gasteiger partial charge is 0.332 e. The van der Waals surface area contributed by atoms with Crippen LogP contribution in [0, 0.1) is 0 Å². The molecule has 0 radical (unpaired) electrons. The minimum atomic E-state index is -0.542. The molecular formula is C23H20N4O3. The van der Waals surface area contributed by atoms with E-state index in [4.69, 9.17) is 0 Å². The van der Waals surface area contributed by atoms with Crippen molar-refractivity contribution in [1.29, 1.82) is 0 Å². The van der Waals surface area contributed by atoms with Gasteiger partial charge in [0.15, 0.2) is 5.52 Å². The van der Waals surface area contributed by atoms with Gasteiger partial charge in [-0.1, -0.05) is 48.5 Å². The first kappa shape index (κ1) is 19.3. The Kier molecular flexibility index (Phi) is 5.26. The average Bonchev–Trinajstić information content (AvgIpc) is 2.80. The highest BCUT2D eigenvalue weighted by atomic mass is 16.2. The van der Waals surface area contributed by atoms with Gasteiger partial charge in [0.25, 0.3) is 5.56 Å². The highest BCUT2D eigenvalue weighted by molar-refractivity contribution is 5.93. The number of hydrogen-bond donors (Lipinski definition) is 0. The molecule has 0 unspecified atom stereocenters. The van der Waals surface area contributed by atoms with Gasteiger partial charge in [-0.05, 0) is 29.8 Å². The van der Waals surface area contributed by atoms with Crippen molar-refractivity contribution in [2.45, 2.75) is 13.1 Å². The van der Waals surface area contributed by atoms with E-state index in [2.05, 4.69) is 4.98 Å². The van der Waals surface area contributed by atoms with Gasteiger partial charge in [0, 0.05) is 18.9 Å². The third kappa shape index (κ3) is 3.65. The quantitative estimate of drug-likeness (QED) is 0.515. The lowest BCUT2D eigenvalue weighted by Crippen LogP contribution is -2.43. The van der Waals surface area contributed by atoms with E-state index in [1.165, 1.54) is 15.7 Å². The van der Waals surface area contributed by atoms with Gasteiger partial charge in [0.05, 0.1) is 12.1 Å². The van der Waals surface area contributed by atoms with Crippen molar-refractivity contribution in [3.63, 3.8) is 0 Å². The molecule has 4 rings (SSSR count). The topological polar surface area (TPSA) is 77.2 Å². The van der Waals surface area contributed by atoms with E-state index in [1.54, 1.807) is 19.2 Å². The summed E-state index contributed by atoms with van der Waals surface area (Å²) in [6.45, 7) is -0.102. The molecule has 0 aliphatic carbocycles. The first-order valence-electron chi connectivity index (χ1n) is 9.50. The fraction of sp³-hybridized carbons (Fsp3) is 0.130. The average molecular weight is 400 g/mol. The fourth-order valence-electron chi connectivity index (χ4n) is 3.34. The first-order chi connectivity index (χ1) is 14.6. The van der Waals surface area contributed by atoms with E-state index in [1.807, 2.05) is 60.7 Å². The lowest BCUT2D eigenvalue weighted by atomic mass is 10.2. The van der Waals surface area contributed by atoms with Crippen LogP contribution in [0.15, 0.2) is 88.6 Å². The van der Waals surface area contributed by atoms with Crippen molar-refractivity contribution < 1.29 is 4.79 Å². The molecule has 0 fully saturated rings. The number of benzene rings is 2. The Bertz CT molecular complexity index is 1310. The fourth-order valence-corrected chi connectivity index (χ4v) is 3.34. The van der Waals surface area contributed by atoms with Crippen molar-refractivity contribution in [3.8, 4) is 0 Å². The Hall–Kier alpha value is -4.00. The minimum absolute atomic E-state index is 0.105. The zero-order valence-corrected chi connectivity index (χ0v) is 16.4. The van der Waals surface area contributed by atoms with E-state index < -0.39 is 11.2 Å². The van der Waals surface area contributed by atoms with E-state index in [9.17, 15) is 14.4 Å². The number of amides is 1. The van der Waals surface area contributed by atoms with Crippen LogP contribution in [0.2, 0.25) is 0 Å². The van der Waals surface area contributed by atoms with Crippen LogP contribution in [0.25, 0.3) is 11.0 Å². The highest BCUT2D eigenvalue weighted by Crippen LogP contribution is 2.12. The summed E-state index contributed by atoms with van der Waals surface area (Å²) in [6, 6.07) is 21.7. The predicted octanol–water partition coefficient (Wildman–Crippen LogP) is 2.27. The van der Waals surface area contributed by atoms with Crippen molar-refractivity contribution in [1.82, 2.24) is 14.1 Å². The summed E-state index contributed by atoms with van der Waals surface area (Å²) in [5.74, 6) is -0.279. The summed E-state index contributed by atoms with van der Waals surface area (Å²) in [5, 5.41) is 0. The van der Waals surface area contributed by atoms with Gasteiger partial charge in [-0.15, -0.1) is 0 Å². The molecule has 0 aliphatic rings. The molecule has 30 heavy (non-hydrogen) atoms. The van der Waals surface area contributed by atoms with Crippen molar-refractivity contribution in [2.75, 3.05) is 11.9 Å². The molecule has 150 valence electrons. The van der Waals surface area contributed by atoms with E-state index in [0.717, 1.165) is 15.8 Å². The number of para-hydroxylation sites is 1. The Balaban J connectivity index is 1.80. The standard InChI is InChI=1S/C23H20N4O3/c1-25(18-11-6-3-7-12-18)20(28)16-26-19-13-8-14-24-21(19)22(29)27(23(26)30)15-17-9-4-2-5-10-17/h2-14H,15-16H2,1H3. The van der Waals surface area contributed by atoms with Crippen LogP contribution in [0.4, 0.5) is 5.69 Å². The van der Waals surface area contributed by atoms with Gasteiger partial charge in [-0.2, -0.15) is 0 Å². The molecule has 1 amide bonds. The van der Waals surface area contributed by atoms with Gasteiger partial charge >= 0.3 is 5.69 Å². The maximum Gasteiger partial charge on any atom is 0.332 e. The maximum atomic E-state index is 13.2. The summed E-state index contributed by atoms with van der Waals surface area (Å²) in [5.41, 5.74) is 1.01. The Morgan fingerprint density at radius 1 is 0.900 bits per heavy atom. The van der Waals surface area contributed by atoms with Crippen molar-refractivity contribution >= 4 is 22.6 Å². The molecule has 7 heteroatoms. The van der Waals surface area contributed by atoms with Crippen molar-refractivity contribution in [2.24, 2.45) is 0 Å². The lowest BCUT2D eigenvalue weighted by molar-refractivity contribution is -0.118. The molecule has 4 aromatic rings. The number of aromatic nitrogens is 3.